The summed E-state index contributed by atoms with van der Waals surface area (Å²) in [5.74, 6) is -0.0566. The maximum absolute atomic E-state index is 10.4. The zero-order valence-electron chi connectivity index (χ0n) is 6.80. The summed E-state index contributed by atoms with van der Waals surface area (Å²) in [5, 5.41) is 10.8. The van der Waals surface area contributed by atoms with Gasteiger partial charge in [0, 0.05) is 12.1 Å². The summed E-state index contributed by atoms with van der Waals surface area (Å²) in [6.45, 7) is 1.36. The van der Waals surface area contributed by atoms with Crippen LogP contribution in [0, 0.1) is 0 Å². The van der Waals surface area contributed by atoms with Crippen molar-refractivity contribution in [1.82, 2.24) is 0 Å². The Bertz CT molecular complexity index is 228. The van der Waals surface area contributed by atoms with E-state index in [1.165, 1.54) is 18.9 Å². The highest BCUT2D eigenvalue weighted by molar-refractivity contribution is 7.93. The summed E-state index contributed by atoms with van der Waals surface area (Å²) in [6, 6.07) is 0. The topological polar surface area (TPSA) is 63.4 Å². The molecule has 0 N–H and O–H groups in total. The summed E-state index contributed by atoms with van der Waals surface area (Å²) in [5.41, 5.74) is 0. The van der Waals surface area contributed by atoms with Crippen LogP contribution in [0.1, 0.15) is 6.92 Å². The fourth-order valence-corrected chi connectivity index (χ4v) is 1.14. The summed E-state index contributed by atoms with van der Waals surface area (Å²) < 4.78 is 4.87. The third kappa shape index (κ3) is 2.59. The summed E-state index contributed by atoms with van der Waals surface area (Å²) in [4.78, 5) is 10.4. The van der Waals surface area contributed by atoms with Crippen LogP contribution in [0.4, 0.5) is 0 Å². The van der Waals surface area contributed by atoms with Gasteiger partial charge in [0.15, 0.2) is 17.9 Å². The smallest absolute Gasteiger partial charge is 0.303 e. The molecule has 0 radical (unpaired) electrons. The molecule has 0 aromatic carbocycles. The Morgan fingerprint density at radius 3 is 3.00 bits per heavy atom. The molecule has 1 rings (SSSR count). The van der Waals surface area contributed by atoms with E-state index in [9.17, 15) is 4.79 Å². The Balaban J connectivity index is 2.27. The Morgan fingerprint density at radius 1 is 1.75 bits per heavy atom. The summed E-state index contributed by atoms with van der Waals surface area (Å²) in [6.07, 6.45) is 1.55. The average Bonchev–Trinajstić information content (AvgIpc) is 2.35. The number of hydrogen-bond donors (Lipinski definition) is 0. The normalized spacial score (nSPS) is 26.2. The van der Waals surface area contributed by atoms with Crippen LogP contribution >= 0.6 is 11.9 Å². The van der Waals surface area contributed by atoms with Gasteiger partial charge in [-0.2, -0.15) is 0 Å². The molecule has 1 heterocycles. The second-order valence-corrected chi connectivity index (χ2v) is 3.47. The van der Waals surface area contributed by atoms with Gasteiger partial charge in [0.25, 0.3) is 6.34 Å². The number of rotatable bonds is 3. The lowest BCUT2D eigenvalue weighted by Crippen LogP contribution is -2.26. The van der Waals surface area contributed by atoms with Gasteiger partial charge >= 0.3 is 5.97 Å². The molecule has 1 aliphatic heterocycles. The first-order valence-electron chi connectivity index (χ1n) is 3.23. The Kier molecular flexibility index (Phi) is 2.77. The van der Waals surface area contributed by atoms with E-state index in [4.69, 9.17) is 4.74 Å². The Labute approximate surface area is 74.0 Å². The highest BCUT2D eigenvalue weighted by atomic mass is 32.2. The summed E-state index contributed by atoms with van der Waals surface area (Å²) >= 11 is 1.30. The van der Waals surface area contributed by atoms with Crippen molar-refractivity contribution in [3.05, 3.63) is 0 Å². The van der Waals surface area contributed by atoms with Gasteiger partial charge in [-0.3, -0.25) is 4.79 Å². The van der Waals surface area contributed by atoms with Crippen LogP contribution in [0.2, 0.25) is 0 Å². The number of hydrogen-bond acceptors (Lipinski definition) is 6. The zero-order valence-corrected chi connectivity index (χ0v) is 7.61. The molecule has 1 unspecified atom stereocenters. The predicted octanol–water partition coefficient (Wildman–Crippen LogP) is 0.926. The standard InChI is InChI=1S/C5H9N4O2S/c1-5(10)11-4-12-9(2)3-6-7-8-9/h3H,4H2,1-2H3/q+1. The number of esters is 1. The maximum Gasteiger partial charge on any atom is 0.303 e. The third-order valence-corrected chi connectivity index (χ3v) is 2.02. The van der Waals surface area contributed by atoms with Gasteiger partial charge in [-0.15, -0.1) is 0 Å². The molecule has 0 bridgehead atoms. The van der Waals surface area contributed by atoms with Gasteiger partial charge in [0.1, 0.15) is 7.05 Å². The van der Waals surface area contributed by atoms with Gasteiger partial charge < -0.3 is 4.74 Å². The lowest BCUT2D eigenvalue weighted by atomic mass is 10.8. The third-order valence-electron chi connectivity index (χ3n) is 1.11. The molecule has 0 fully saturated rings. The molecule has 6 nitrogen and oxygen atoms in total. The first-order chi connectivity index (χ1) is 5.62. The van der Waals surface area contributed by atoms with Crippen molar-refractivity contribution in [2.24, 2.45) is 15.5 Å². The minimum atomic E-state index is -0.304. The van der Waals surface area contributed by atoms with Crippen molar-refractivity contribution >= 4 is 24.3 Å². The van der Waals surface area contributed by atoms with E-state index in [1.807, 2.05) is 0 Å². The molecule has 0 aromatic heterocycles. The van der Waals surface area contributed by atoms with Crippen molar-refractivity contribution in [3.8, 4) is 0 Å². The average molecular weight is 189 g/mol. The Hall–Kier alpha value is -0.950. The molecule has 12 heavy (non-hydrogen) atoms. The van der Waals surface area contributed by atoms with E-state index in [0.29, 0.717) is 0 Å². The molecular formula is C5H9N4O2S+. The molecule has 0 saturated heterocycles. The molecule has 1 atom stereocenters. The van der Waals surface area contributed by atoms with Crippen LogP contribution in [-0.2, 0) is 9.53 Å². The molecule has 0 amide bonds. The van der Waals surface area contributed by atoms with Crippen LogP contribution in [-0.4, -0.2) is 29.3 Å². The minimum Gasteiger partial charge on any atom is -0.449 e. The number of nitrogens with zero attached hydrogens (tertiary/aromatic N) is 4. The van der Waals surface area contributed by atoms with Crippen LogP contribution < -0.4 is 0 Å². The summed E-state index contributed by atoms with van der Waals surface area (Å²) in [7, 11) is 1.79. The minimum absolute atomic E-state index is 0.160. The molecule has 0 aliphatic carbocycles. The first kappa shape index (κ1) is 9.14. The van der Waals surface area contributed by atoms with Crippen LogP contribution in [0.3, 0.4) is 0 Å². The first-order valence-corrected chi connectivity index (χ1v) is 4.17. The Morgan fingerprint density at radius 2 is 2.50 bits per heavy atom. The number of carbonyl (C=O) groups excluding carboxylic acids is 1. The second kappa shape index (κ2) is 3.63. The SMILES string of the molecule is CC(=O)OCS[N+]1(C)C=NN=N1. The fraction of sp³-hybridized carbons (Fsp3) is 0.600. The molecule has 0 spiro atoms. The van der Waals surface area contributed by atoms with E-state index < -0.39 is 0 Å². The van der Waals surface area contributed by atoms with Crippen LogP contribution in [0.15, 0.2) is 15.5 Å². The fourth-order valence-electron chi connectivity index (χ4n) is 0.520. The van der Waals surface area contributed by atoms with E-state index in [-0.39, 0.29) is 15.9 Å². The highest BCUT2D eigenvalue weighted by Gasteiger charge is 2.26. The van der Waals surface area contributed by atoms with Crippen molar-refractivity contribution in [3.63, 3.8) is 0 Å². The van der Waals surface area contributed by atoms with E-state index >= 15 is 0 Å². The quantitative estimate of drug-likeness (QED) is 0.287. The van der Waals surface area contributed by atoms with Gasteiger partial charge in [-0.1, -0.05) is 9.10 Å². The molecule has 66 valence electrons. The van der Waals surface area contributed by atoms with E-state index in [2.05, 4.69) is 15.5 Å². The zero-order chi connectivity index (χ0) is 9.03. The number of quaternary nitrogens is 1. The number of ether oxygens (including phenoxy) is 1. The highest BCUT2D eigenvalue weighted by Crippen LogP contribution is 2.21. The monoisotopic (exact) mass is 189 g/mol. The van der Waals surface area contributed by atoms with Crippen LogP contribution in [0.25, 0.3) is 0 Å². The van der Waals surface area contributed by atoms with Gasteiger partial charge in [0.2, 0.25) is 0 Å². The maximum atomic E-state index is 10.4. The van der Waals surface area contributed by atoms with Gasteiger partial charge in [0.05, 0.1) is 5.22 Å². The van der Waals surface area contributed by atoms with Gasteiger partial charge in [-0.25, -0.2) is 0 Å². The largest absolute Gasteiger partial charge is 0.449 e. The molecule has 7 heteroatoms. The molecule has 0 aromatic rings. The van der Waals surface area contributed by atoms with Crippen molar-refractivity contribution in [1.29, 1.82) is 0 Å². The van der Waals surface area contributed by atoms with E-state index in [1.54, 1.807) is 13.4 Å². The molecule has 1 aliphatic rings. The van der Waals surface area contributed by atoms with Crippen molar-refractivity contribution < 1.29 is 13.5 Å². The molecular weight excluding hydrogens is 180 g/mol. The van der Waals surface area contributed by atoms with Crippen molar-refractivity contribution in [2.75, 3.05) is 13.0 Å². The van der Waals surface area contributed by atoms with Crippen LogP contribution in [0.5, 0.6) is 0 Å². The second-order valence-electron chi connectivity index (χ2n) is 2.24. The predicted molar refractivity (Wildman–Crippen MR) is 43.8 cm³/mol. The van der Waals surface area contributed by atoms with Gasteiger partial charge in [-0.05, 0) is 0 Å². The molecule has 0 saturated carbocycles. The number of carbonyl (C=O) groups is 1. The van der Waals surface area contributed by atoms with E-state index in [0.717, 1.165) is 0 Å². The lowest BCUT2D eigenvalue weighted by molar-refractivity contribution is -0.674. The lowest BCUT2D eigenvalue weighted by Gasteiger charge is -2.12. The van der Waals surface area contributed by atoms with Crippen molar-refractivity contribution in [2.45, 2.75) is 6.92 Å².